The predicted molar refractivity (Wildman–Crippen MR) is 62.0 cm³/mol. The molecule has 1 nitrogen and oxygen atoms in total. The summed E-state index contributed by atoms with van der Waals surface area (Å²) < 4.78 is 13.5. The maximum absolute atomic E-state index is 12.7. The number of allylic oxidation sites excluding steroid dienone is 1. The summed E-state index contributed by atoms with van der Waals surface area (Å²) in [5, 5.41) is 3.18. The van der Waals surface area contributed by atoms with Gasteiger partial charge in [0.05, 0.1) is 0 Å². The van der Waals surface area contributed by atoms with Gasteiger partial charge in [-0.05, 0) is 48.0 Å². The maximum Gasteiger partial charge on any atom is 0.124 e. The molecule has 0 spiro atoms. The van der Waals surface area contributed by atoms with E-state index >= 15 is 0 Å². The minimum absolute atomic E-state index is 0.232. The topological polar surface area (TPSA) is 12.0 Å². The van der Waals surface area contributed by atoms with Crippen molar-refractivity contribution in [2.45, 2.75) is 13.8 Å². The Kier molecular flexibility index (Phi) is 4.14. The average molecular weight is 258 g/mol. The molecule has 14 heavy (non-hydrogen) atoms. The van der Waals surface area contributed by atoms with Crippen LogP contribution in [0.2, 0.25) is 0 Å². The zero-order valence-electron chi connectivity index (χ0n) is 8.27. The fourth-order valence-electron chi connectivity index (χ4n) is 0.998. The quantitative estimate of drug-likeness (QED) is 0.809. The standard InChI is InChI=1S/C11H13BrFN/c1-8(2)5-6-14-11-4-3-9(13)7-10(11)12/h3-5,7,14H,6H2,1-2H3. The normalized spacial score (nSPS) is 9.71. The molecule has 1 N–H and O–H groups in total. The first kappa shape index (κ1) is 11.2. The second-order valence-electron chi connectivity index (χ2n) is 3.29. The summed E-state index contributed by atoms with van der Waals surface area (Å²) in [5.41, 5.74) is 2.17. The van der Waals surface area contributed by atoms with Gasteiger partial charge in [-0.15, -0.1) is 0 Å². The van der Waals surface area contributed by atoms with Gasteiger partial charge in [0.2, 0.25) is 0 Å². The molecular formula is C11H13BrFN. The number of hydrogen-bond donors (Lipinski definition) is 1. The second kappa shape index (κ2) is 5.15. The molecule has 0 bridgehead atoms. The SMILES string of the molecule is CC(C)=CCNc1ccc(F)cc1Br. The van der Waals surface area contributed by atoms with E-state index in [0.717, 1.165) is 16.7 Å². The van der Waals surface area contributed by atoms with E-state index in [0.29, 0.717) is 0 Å². The molecule has 0 aromatic heterocycles. The smallest absolute Gasteiger partial charge is 0.124 e. The van der Waals surface area contributed by atoms with Crippen LogP contribution < -0.4 is 5.32 Å². The van der Waals surface area contributed by atoms with Crippen molar-refractivity contribution in [1.82, 2.24) is 0 Å². The van der Waals surface area contributed by atoms with Gasteiger partial charge >= 0.3 is 0 Å². The molecule has 76 valence electrons. The maximum atomic E-state index is 12.7. The molecule has 1 aromatic carbocycles. The van der Waals surface area contributed by atoms with Crippen molar-refractivity contribution in [2.24, 2.45) is 0 Å². The molecule has 0 saturated heterocycles. The second-order valence-corrected chi connectivity index (χ2v) is 4.14. The van der Waals surface area contributed by atoms with Crippen molar-refractivity contribution in [3.63, 3.8) is 0 Å². The minimum atomic E-state index is -0.232. The molecule has 0 unspecified atom stereocenters. The summed E-state index contributed by atoms with van der Waals surface area (Å²) in [6, 6.07) is 4.61. The van der Waals surface area contributed by atoms with Crippen LogP contribution in [-0.4, -0.2) is 6.54 Å². The Morgan fingerprint density at radius 1 is 1.50 bits per heavy atom. The summed E-state index contributed by atoms with van der Waals surface area (Å²) in [4.78, 5) is 0. The van der Waals surface area contributed by atoms with Crippen LogP contribution in [-0.2, 0) is 0 Å². The van der Waals surface area contributed by atoms with Crippen molar-refractivity contribution in [2.75, 3.05) is 11.9 Å². The van der Waals surface area contributed by atoms with Crippen LogP contribution in [0.3, 0.4) is 0 Å². The summed E-state index contributed by atoms with van der Waals surface area (Å²) in [6.45, 7) is 4.84. The van der Waals surface area contributed by atoms with E-state index in [9.17, 15) is 4.39 Å². The van der Waals surface area contributed by atoms with E-state index in [1.165, 1.54) is 17.7 Å². The van der Waals surface area contributed by atoms with E-state index in [1.54, 1.807) is 6.07 Å². The van der Waals surface area contributed by atoms with Gasteiger partial charge in [0, 0.05) is 16.7 Å². The number of benzene rings is 1. The first-order valence-electron chi connectivity index (χ1n) is 4.42. The number of anilines is 1. The minimum Gasteiger partial charge on any atom is -0.381 e. The highest BCUT2D eigenvalue weighted by molar-refractivity contribution is 9.10. The lowest BCUT2D eigenvalue weighted by Gasteiger charge is -2.06. The highest BCUT2D eigenvalue weighted by Crippen LogP contribution is 2.22. The highest BCUT2D eigenvalue weighted by atomic mass is 79.9. The Hall–Kier alpha value is -0.830. The van der Waals surface area contributed by atoms with Crippen LogP contribution in [0.25, 0.3) is 0 Å². The molecule has 0 amide bonds. The molecule has 1 aromatic rings. The molecule has 0 radical (unpaired) electrons. The van der Waals surface area contributed by atoms with E-state index in [2.05, 4.69) is 27.3 Å². The van der Waals surface area contributed by atoms with Gasteiger partial charge in [0.1, 0.15) is 5.82 Å². The number of rotatable bonds is 3. The van der Waals surface area contributed by atoms with Crippen LogP contribution in [0.1, 0.15) is 13.8 Å². The lowest BCUT2D eigenvalue weighted by molar-refractivity contribution is 0.627. The van der Waals surface area contributed by atoms with Gasteiger partial charge in [0.25, 0.3) is 0 Å². The third-order valence-corrected chi connectivity index (χ3v) is 2.39. The summed E-state index contributed by atoms with van der Waals surface area (Å²) >= 11 is 3.29. The fourth-order valence-corrected chi connectivity index (χ4v) is 1.49. The Labute approximate surface area is 92.1 Å². The van der Waals surface area contributed by atoms with E-state index in [4.69, 9.17) is 0 Å². The lowest BCUT2D eigenvalue weighted by atomic mass is 10.3. The van der Waals surface area contributed by atoms with E-state index in [1.807, 2.05) is 13.8 Å². The van der Waals surface area contributed by atoms with Crippen LogP contribution >= 0.6 is 15.9 Å². The monoisotopic (exact) mass is 257 g/mol. The summed E-state index contributed by atoms with van der Waals surface area (Å²) in [6.07, 6.45) is 2.08. The largest absolute Gasteiger partial charge is 0.381 e. The van der Waals surface area contributed by atoms with Crippen LogP contribution in [0, 0.1) is 5.82 Å². The fraction of sp³-hybridized carbons (Fsp3) is 0.273. The number of hydrogen-bond acceptors (Lipinski definition) is 1. The van der Waals surface area contributed by atoms with Gasteiger partial charge in [-0.2, -0.15) is 0 Å². The molecule has 1 rings (SSSR count). The molecule has 3 heteroatoms. The summed E-state index contributed by atoms with van der Waals surface area (Å²) in [7, 11) is 0. The van der Waals surface area contributed by atoms with Gasteiger partial charge < -0.3 is 5.32 Å². The Morgan fingerprint density at radius 2 is 2.21 bits per heavy atom. The van der Waals surface area contributed by atoms with Crippen LogP contribution in [0.15, 0.2) is 34.3 Å². The van der Waals surface area contributed by atoms with Gasteiger partial charge in [-0.25, -0.2) is 4.39 Å². The number of halogens is 2. The van der Waals surface area contributed by atoms with Crippen molar-refractivity contribution in [3.8, 4) is 0 Å². The zero-order chi connectivity index (χ0) is 10.6. The van der Waals surface area contributed by atoms with Crippen molar-refractivity contribution >= 4 is 21.6 Å². The molecule has 0 aliphatic carbocycles. The van der Waals surface area contributed by atoms with Gasteiger partial charge in [-0.1, -0.05) is 11.6 Å². The molecular weight excluding hydrogens is 245 g/mol. The zero-order valence-corrected chi connectivity index (χ0v) is 9.86. The molecule has 0 atom stereocenters. The molecule has 0 fully saturated rings. The Balaban J connectivity index is 2.64. The van der Waals surface area contributed by atoms with Crippen molar-refractivity contribution in [1.29, 1.82) is 0 Å². The van der Waals surface area contributed by atoms with Crippen LogP contribution in [0.5, 0.6) is 0 Å². The van der Waals surface area contributed by atoms with E-state index in [-0.39, 0.29) is 5.82 Å². The first-order valence-corrected chi connectivity index (χ1v) is 5.21. The first-order chi connectivity index (χ1) is 6.59. The third kappa shape index (κ3) is 3.50. The highest BCUT2D eigenvalue weighted by Gasteiger charge is 1.98. The van der Waals surface area contributed by atoms with Gasteiger partial charge in [-0.3, -0.25) is 0 Å². The van der Waals surface area contributed by atoms with Crippen molar-refractivity contribution in [3.05, 3.63) is 40.1 Å². The molecule has 0 aliphatic heterocycles. The average Bonchev–Trinajstić information content (AvgIpc) is 2.08. The molecule has 0 saturated carbocycles. The van der Waals surface area contributed by atoms with E-state index < -0.39 is 0 Å². The summed E-state index contributed by atoms with van der Waals surface area (Å²) in [5.74, 6) is -0.232. The van der Waals surface area contributed by atoms with Gasteiger partial charge in [0.15, 0.2) is 0 Å². The van der Waals surface area contributed by atoms with Crippen molar-refractivity contribution < 1.29 is 4.39 Å². The number of nitrogens with one attached hydrogen (secondary N) is 1. The molecule has 0 heterocycles. The lowest BCUT2D eigenvalue weighted by Crippen LogP contribution is -1.99. The van der Waals surface area contributed by atoms with Crippen LogP contribution in [0.4, 0.5) is 10.1 Å². The molecule has 0 aliphatic rings. The third-order valence-electron chi connectivity index (χ3n) is 1.73. The Morgan fingerprint density at radius 3 is 2.79 bits per heavy atom. The Bertz CT molecular complexity index is 343. The predicted octanol–water partition coefficient (Wildman–Crippen LogP) is 3.97.